The van der Waals surface area contributed by atoms with Crippen molar-refractivity contribution in [2.24, 2.45) is 0 Å². The van der Waals surface area contributed by atoms with E-state index in [0.29, 0.717) is 18.1 Å². The van der Waals surface area contributed by atoms with Gasteiger partial charge in [-0.15, -0.1) is 0 Å². The molecule has 0 bridgehead atoms. The second-order valence-electron chi connectivity index (χ2n) is 2.89. The summed E-state index contributed by atoms with van der Waals surface area (Å²) in [4.78, 5) is 13.0. The van der Waals surface area contributed by atoms with Crippen molar-refractivity contribution in [2.75, 3.05) is 13.1 Å². The molecule has 2 nitrogen and oxygen atoms in total. The average molecular weight is 123 g/mol. The molecule has 1 aliphatic rings. The van der Waals surface area contributed by atoms with Gasteiger partial charge in [0, 0.05) is 6.54 Å². The lowest BCUT2D eigenvalue weighted by Crippen LogP contribution is -2.36. The summed E-state index contributed by atoms with van der Waals surface area (Å²) >= 11 is 0. The first-order chi connectivity index (χ1) is 4.20. The Labute approximate surface area is 57.4 Å². The quantitative estimate of drug-likeness (QED) is 0.355. The average Bonchev–Trinajstić information content (AvgIpc) is 1.80. The Morgan fingerprint density at radius 3 is 2.78 bits per heavy atom. The van der Waals surface area contributed by atoms with Crippen LogP contribution in [0.15, 0.2) is 0 Å². The number of hydrogen-bond acceptors (Lipinski definition) is 2. The third kappa shape index (κ3) is 1.58. The van der Waals surface area contributed by atoms with Crippen molar-refractivity contribution in [1.82, 2.24) is 4.81 Å². The smallest absolute Gasteiger partial charge is 0.186 e. The third-order valence-electron chi connectivity index (χ3n) is 1.92. The molecule has 1 aliphatic heterocycles. The Kier molecular flexibility index (Phi) is 1.96. The van der Waals surface area contributed by atoms with E-state index in [0.717, 1.165) is 13.0 Å². The lowest BCUT2D eigenvalue weighted by Gasteiger charge is -2.25. The van der Waals surface area contributed by atoms with Gasteiger partial charge >= 0.3 is 0 Å². The Balaban J connectivity index is 2.44. The number of hydrogen-bond donors (Lipinski definition) is 0. The fourth-order valence-corrected chi connectivity index (χ4v) is 1.08. The molecule has 1 rings (SSSR count). The first-order valence-electron chi connectivity index (χ1n) is 3.41. The molecule has 0 aromatic heterocycles. The van der Waals surface area contributed by atoms with Crippen molar-refractivity contribution < 1.29 is 4.79 Å². The van der Waals surface area contributed by atoms with Crippen molar-refractivity contribution in [1.29, 1.82) is 0 Å². The van der Waals surface area contributed by atoms with Crippen LogP contribution in [0.1, 0.15) is 6.42 Å². The lowest BCUT2D eigenvalue weighted by atomic mass is 9.78. The molecule has 48 valence electrons. The summed E-state index contributed by atoms with van der Waals surface area (Å²) in [6, 6.07) is 0. The van der Waals surface area contributed by atoms with Crippen LogP contribution in [0.25, 0.3) is 0 Å². The molecule has 1 heterocycles. The highest BCUT2D eigenvalue weighted by Gasteiger charge is 2.19. The second-order valence-corrected chi connectivity index (χ2v) is 2.89. The zero-order chi connectivity index (χ0) is 6.85. The van der Waals surface area contributed by atoms with E-state index in [1.165, 1.54) is 0 Å². The van der Waals surface area contributed by atoms with Gasteiger partial charge in [-0.3, -0.25) is 4.79 Å². The molecule has 0 aromatic rings. The predicted octanol–water partition coefficient (Wildman–Crippen LogP) is -1.77. The molecular weight excluding hydrogens is 112 g/mol. The number of rotatable bonds is 0. The number of nitrogens with zero attached hydrogens (tertiary/aromatic N) is 1. The molecule has 1 atom stereocenters. The van der Waals surface area contributed by atoms with Crippen LogP contribution in [0.5, 0.6) is 0 Å². The van der Waals surface area contributed by atoms with Crippen LogP contribution in [-0.4, -0.2) is 39.5 Å². The van der Waals surface area contributed by atoms with E-state index >= 15 is 0 Å². The number of piperidine rings is 1. The highest BCUT2D eigenvalue weighted by atomic mass is 16.1. The number of carbonyl (C=O) groups excluding carboxylic acids is 1. The molecule has 4 heteroatoms. The molecule has 0 radical (unpaired) electrons. The maximum Gasteiger partial charge on any atom is 0.186 e. The van der Waals surface area contributed by atoms with Gasteiger partial charge in [0.25, 0.3) is 0 Å². The van der Waals surface area contributed by atoms with Crippen molar-refractivity contribution in [3.8, 4) is 0 Å². The van der Waals surface area contributed by atoms with Gasteiger partial charge in [0.1, 0.15) is 13.6 Å². The monoisotopic (exact) mass is 123 g/mol. The zero-order valence-corrected chi connectivity index (χ0v) is 6.05. The van der Waals surface area contributed by atoms with Gasteiger partial charge in [-0.1, -0.05) is 0 Å². The normalized spacial score (nSPS) is 30.7. The van der Waals surface area contributed by atoms with Gasteiger partial charge < -0.3 is 4.81 Å². The molecule has 0 aliphatic carbocycles. The summed E-state index contributed by atoms with van der Waals surface area (Å²) < 4.78 is 0. The first kappa shape index (κ1) is 6.87. The minimum atomic E-state index is 0.307. The van der Waals surface area contributed by atoms with E-state index in [2.05, 4.69) is 4.81 Å². The summed E-state index contributed by atoms with van der Waals surface area (Å²) in [7, 11) is 4.00. The van der Waals surface area contributed by atoms with E-state index in [1.807, 2.05) is 15.8 Å². The second kappa shape index (κ2) is 2.56. The van der Waals surface area contributed by atoms with Gasteiger partial charge in [-0.2, -0.15) is 0 Å². The Bertz CT molecular complexity index is 128. The molecular formula is C5H11B2NO. The zero-order valence-electron chi connectivity index (χ0n) is 6.05. The van der Waals surface area contributed by atoms with Gasteiger partial charge in [0.2, 0.25) is 0 Å². The first-order valence-corrected chi connectivity index (χ1v) is 3.41. The maximum absolute atomic E-state index is 11.0. The Hall–Kier alpha value is -0.240. The Morgan fingerprint density at radius 2 is 2.33 bits per heavy atom. The largest absolute Gasteiger partial charge is 0.343 e. The van der Waals surface area contributed by atoms with Crippen LogP contribution in [0.3, 0.4) is 0 Å². The third-order valence-corrected chi connectivity index (χ3v) is 1.92. The predicted molar refractivity (Wildman–Crippen MR) is 42.0 cm³/mol. The summed E-state index contributed by atoms with van der Waals surface area (Å²) in [5.74, 6) is 0.699. The van der Waals surface area contributed by atoms with E-state index in [4.69, 9.17) is 0 Å². The van der Waals surface area contributed by atoms with E-state index in [1.54, 1.807) is 0 Å². The van der Waals surface area contributed by atoms with E-state index in [-0.39, 0.29) is 0 Å². The van der Waals surface area contributed by atoms with E-state index in [9.17, 15) is 4.79 Å². The minimum Gasteiger partial charge on any atom is -0.343 e. The SMILES string of the molecule is BC1CCN(B)CC1=O. The van der Waals surface area contributed by atoms with Crippen molar-refractivity contribution in [2.45, 2.75) is 12.2 Å². The van der Waals surface area contributed by atoms with Gasteiger partial charge in [0.05, 0.1) is 0 Å². The van der Waals surface area contributed by atoms with Crippen LogP contribution in [0, 0.1) is 0 Å². The van der Waals surface area contributed by atoms with Crippen LogP contribution >= 0.6 is 0 Å². The van der Waals surface area contributed by atoms with Gasteiger partial charge in [0.15, 0.2) is 7.98 Å². The molecule has 1 fully saturated rings. The summed E-state index contributed by atoms with van der Waals surface area (Å²) in [6.45, 7) is 1.73. The van der Waals surface area contributed by atoms with Crippen molar-refractivity contribution >= 4 is 21.6 Å². The molecule has 0 amide bonds. The number of Topliss-reactive ketones (excluding diaryl/α,β-unsaturated/α-hetero) is 1. The molecule has 1 saturated heterocycles. The van der Waals surface area contributed by atoms with Gasteiger partial charge in [-0.05, 0) is 18.8 Å². The molecule has 0 saturated carbocycles. The maximum atomic E-state index is 11.0. The fraction of sp³-hybridized carbons (Fsp3) is 0.800. The molecule has 0 aromatic carbocycles. The number of ketones is 1. The summed E-state index contributed by atoms with van der Waals surface area (Å²) in [6.07, 6.45) is 1.04. The molecule has 0 spiro atoms. The number of carbonyl (C=O) groups is 1. The molecule has 9 heavy (non-hydrogen) atoms. The molecule has 0 N–H and O–H groups in total. The minimum absolute atomic E-state index is 0.307. The summed E-state index contributed by atoms with van der Waals surface area (Å²) in [5.41, 5.74) is 0. The van der Waals surface area contributed by atoms with Crippen LogP contribution in [0.2, 0.25) is 5.82 Å². The lowest BCUT2D eigenvalue weighted by molar-refractivity contribution is -0.120. The van der Waals surface area contributed by atoms with Crippen molar-refractivity contribution in [3.05, 3.63) is 0 Å². The van der Waals surface area contributed by atoms with Crippen LogP contribution < -0.4 is 0 Å². The summed E-state index contributed by atoms with van der Waals surface area (Å²) in [5, 5.41) is 0. The Morgan fingerprint density at radius 1 is 1.67 bits per heavy atom. The molecule has 1 unspecified atom stereocenters. The van der Waals surface area contributed by atoms with Crippen molar-refractivity contribution in [3.63, 3.8) is 0 Å². The standard InChI is InChI=1S/C5H11B2NO/c6-4-1-2-8(7)3-5(4)9/h4H,1-3,6-7H2. The van der Waals surface area contributed by atoms with Crippen LogP contribution in [-0.2, 0) is 4.79 Å². The van der Waals surface area contributed by atoms with Crippen LogP contribution in [0.4, 0.5) is 0 Å². The highest BCUT2D eigenvalue weighted by molar-refractivity contribution is 6.25. The van der Waals surface area contributed by atoms with E-state index < -0.39 is 0 Å². The highest BCUT2D eigenvalue weighted by Crippen LogP contribution is 2.13. The fourth-order valence-electron chi connectivity index (χ4n) is 1.08. The van der Waals surface area contributed by atoms with Gasteiger partial charge in [-0.25, -0.2) is 0 Å². The topological polar surface area (TPSA) is 20.3 Å².